The summed E-state index contributed by atoms with van der Waals surface area (Å²) in [7, 11) is 0. The summed E-state index contributed by atoms with van der Waals surface area (Å²) < 4.78 is 14.0. The van der Waals surface area contributed by atoms with Gasteiger partial charge in [-0.15, -0.1) is 0 Å². The minimum absolute atomic E-state index is 0.159. The Morgan fingerprint density at radius 2 is 1.75 bits per heavy atom. The molecule has 1 aliphatic rings. The van der Waals surface area contributed by atoms with Crippen LogP contribution in [-0.2, 0) is 12.8 Å². The van der Waals surface area contributed by atoms with E-state index >= 15 is 0 Å². The highest BCUT2D eigenvalue weighted by Crippen LogP contribution is 2.35. The summed E-state index contributed by atoms with van der Waals surface area (Å²) in [6, 6.07) is 11.2. The summed E-state index contributed by atoms with van der Waals surface area (Å²) in [6.07, 6.45) is 4.80. The summed E-state index contributed by atoms with van der Waals surface area (Å²) in [6.45, 7) is 0. The van der Waals surface area contributed by atoms with Gasteiger partial charge in [-0.1, -0.05) is 45.7 Å². The average Bonchev–Trinajstić information content (AvgIpc) is 2.48. The number of fused-ring (bicyclic) bond motifs is 1. The molecule has 0 aliphatic heterocycles. The summed E-state index contributed by atoms with van der Waals surface area (Å²) in [5, 5.41) is 0.559. The molecule has 0 saturated carbocycles. The first-order valence-corrected chi connectivity index (χ1v) is 8.15. The zero-order valence-electron chi connectivity index (χ0n) is 11.0. The number of alkyl halides is 1. The Morgan fingerprint density at radius 3 is 2.55 bits per heavy atom. The van der Waals surface area contributed by atoms with E-state index in [2.05, 4.69) is 34.1 Å². The van der Waals surface area contributed by atoms with Gasteiger partial charge in [0, 0.05) is 10.6 Å². The maximum absolute atomic E-state index is 14.0. The largest absolute Gasteiger partial charge is 0.207 e. The zero-order valence-corrected chi connectivity index (χ0v) is 13.3. The van der Waals surface area contributed by atoms with Gasteiger partial charge in [0.1, 0.15) is 5.82 Å². The van der Waals surface area contributed by atoms with E-state index in [9.17, 15) is 4.39 Å². The van der Waals surface area contributed by atoms with Crippen molar-refractivity contribution in [3.05, 3.63) is 69.5 Å². The van der Waals surface area contributed by atoms with Crippen molar-refractivity contribution in [2.24, 2.45) is 0 Å². The lowest BCUT2D eigenvalue weighted by atomic mass is 9.89. The van der Waals surface area contributed by atoms with Crippen LogP contribution in [0.3, 0.4) is 0 Å². The lowest BCUT2D eigenvalue weighted by molar-refractivity contribution is 0.613. The smallest absolute Gasteiger partial charge is 0.127 e. The minimum Gasteiger partial charge on any atom is -0.207 e. The maximum atomic E-state index is 14.0. The van der Waals surface area contributed by atoms with Crippen LogP contribution in [0.2, 0.25) is 5.02 Å². The van der Waals surface area contributed by atoms with Gasteiger partial charge in [-0.3, -0.25) is 0 Å². The normalized spacial score (nSPS) is 15.8. The van der Waals surface area contributed by atoms with Gasteiger partial charge in [-0.2, -0.15) is 0 Å². The third-order valence-electron chi connectivity index (χ3n) is 3.90. The third kappa shape index (κ3) is 2.77. The van der Waals surface area contributed by atoms with E-state index < -0.39 is 0 Å². The molecule has 0 aromatic heterocycles. The third-order valence-corrected chi connectivity index (χ3v) is 5.15. The van der Waals surface area contributed by atoms with Crippen molar-refractivity contribution in [2.75, 3.05) is 0 Å². The fourth-order valence-electron chi connectivity index (χ4n) is 2.80. The number of rotatable bonds is 2. The Labute approximate surface area is 132 Å². The molecule has 2 aromatic carbocycles. The SMILES string of the molecule is Fc1ccc(Cl)cc1C(Br)c1ccc2c(c1)CCCC2. The molecule has 0 N–H and O–H groups in total. The van der Waals surface area contributed by atoms with Crippen molar-refractivity contribution < 1.29 is 4.39 Å². The van der Waals surface area contributed by atoms with Crippen LogP contribution in [0.25, 0.3) is 0 Å². The van der Waals surface area contributed by atoms with E-state index in [0.29, 0.717) is 10.6 Å². The Hall–Kier alpha value is -0.860. The van der Waals surface area contributed by atoms with E-state index in [1.165, 1.54) is 30.0 Å². The predicted molar refractivity (Wildman–Crippen MR) is 85.3 cm³/mol. The monoisotopic (exact) mass is 352 g/mol. The number of halogens is 3. The molecule has 0 spiro atoms. The van der Waals surface area contributed by atoms with Crippen molar-refractivity contribution in [1.29, 1.82) is 0 Å². The molecule has 0 amide bonds. The Bertz CT molecular complexity index is 639. The number of aryl methyl sites for hydroxylation is 2. The lowest BCUT2D eigenvalue weighted by Gasteiger charge is -2.19. The molecule has 0 saturated heterocycles. The van der Waals surface area contributed by atoms with Gasteiger partial charge in [0.25, 0.3) is 0 Å². The first kappa shape index (κ1) is 14.1. The molecule has 3 heteroatoms. The Morgan fingerprint density at radius 1 is 1.00 bits per heavy atom. The van der Waals surface area contributed by atoms with Gasteiger partial charge in [-0.25, -0.2) is 4.39 Å². The highest BCUT2D eigenvalue weighted by molar-refractivity contribution is 9.09. The maximum Gasteiger partial charge on any atom is 0.127 e. The standard InChI is InChI=1S/C17H15BrClF/c18-17(15-10-14(19)7-8-16(15)20)13-6-5-11-3-1-2-4-12(11)9-13/h5-10,17H,1-4H2. The minimum atomic E-state index is -0.228. The molecular formula is C17H15BrClF. The van der Waals surface area contributed by atoms with Crippen molar-refractivity contribution >= 4 is 27.5 Å². The zero-order chi connectivity index (χ0) is 14.1. The van der Waals surface area contributed by atoms with Gasteiger partial charge < -0.3 is 0 Å². The topological polar surface area (TPSA) is 0 Å². The molecule has 2 aromatic rings. The molecule has 1 atom stereocenters. The van der Waals surface area contributed by atoms with E-state index in [0.717, 1.165) is 18.4 Å². The Kier molecular flexibility index (Phi) is 4.13. The predicted octanol–water partition coefficient (Wildman–Crippen LogP) is 5.84. The second kappa shape index (κ2) is 5.87. The molecule has 3 rings (SSSR count). The van der Waals surface area contributed by atoms with E-state index in [-0.39, 0.29) is 10.6 Å². The van der Waals surface area contributed by atoms with Crippen LogP contribution >= 0.6 is 27.5 Å². The molecule has 20 heavy (non-hydrogen) atoms. The van der Waals surface area contributed by atoms with Crippen molar-refractivity contribution in [3.8, 4) is 0 Å². The van der Waals surface area contributed by atoms with Gasteiger partial charge in [-0.05, 0) is 60.6 Å². The van der Waals surface area contributed by atoms with Crippen LogP contribution in [0.1, 0.15) is 39.9 Å². The van der Waals surface area contributed by atoms with Gasteiger partial charge in [0.15, 0.2) is 0 Å². The van der Waals surface area contributed by atoms with Crippen LogP contribution in [0, 0.1) is 5.82 Å². The lowest BCUT2D eigenvalue weighted by Crippen LogP contribution is -2.04. The molecule has 1 unspecified atom stereocenters. The van der Waals surface area contributed by atoms with Crippen LogP contribution < -0.4 is 0 Å². The second-order valence-electron chi connectivity index (χ2n) is 5.26. The van der Waals surface area contributed by atoms with E-state index in [4.69, 9.17) is 11.6 Å². The van der Waals surface area contributed by atoms with Crippen LogP contribution in [-0.4, -0.2) is 0 Å². The quantitative estimate of drug-likeness (QED) is 0.595. The molecule has 0 bridgehead atoms. The fraction of sp³-hybridized carbons (Fsp3) is 0.294. The van der Waals surface area contributed by atoms with Crippen LogP contribution in [0.5, 0.6) is 0 Å². The number of hydrogen-bond acceptors (Lipinski definition) is 0. The average molecular weight is 354 g/mol. The number of hydrogen-bond donors (Lipinski definition) is 0. The van der Waals surface area contributed by atoms with Crippen molar-refractivity contribution in [3.63, 3.8) is 0 Å². The van der Waals surface area contributed by atoms with Crippen LogP contribution in [0.4, 0.5) is 4.39 Å². The molecule has 0 heterocycles. The summed E-state index contributed by atoms with van der Waals surface area (Å²) in [5.74, 6) is -0.228. The highest BCUT2D eigenvalue weighted by atomic mass is 79.9. The first-order valence-electron chi connectivity index (χ1n) is 6.86. The van der Waals surface area contributed by atoms with Crippen molar-refractivity contribution in [1.82, 2.24) is 0 Å². The van der Waals surface area contributed by atoms with Crippen molar-refractivity contribution in [2.45, 2.75) is 30.5 Å². The van der Waals surface area contributed by atoms with E-state index in [1.807, 2.05) is 0 Å². The van der Waals surface area contributed by atoms with Gasteiger partial charge >= 0.3 is 0 Å². The summed E-state index contributed by atoms with van der Waals surface area (Å²) in [4.78, 5) is -0.159. The van der Waals surface area contributed by atoms with Crippen LogP contribution in [0.15, 0.2) is 36.4 Å². The molecule has 104 valence electrons. The summed E-state index contributed by atoms with van der Waals surface area (Å²) in [5.41, 5.74) is 4.52. The molecule has 0 radical (unpaired) electrons. The second-order valence-corrected chi connectivity index (χ2v) is 6.62. The number of benzene rings is 2. The molecule has 0 fully saturated rings. The molecular weight excluding hydrogens is 339 g/mol. The van der Waals surface area contributed by atoms with Gasteiger partial charge in [0.05, 0.1) is 4.83 Å². The molecule has 1 aliphatic carbocycles. The van der Waals surface area contributed by atoms with E-state index in [1.54, 1.807) is 12.1 Å². The first-order chi connectivity index (χ1) is 9.65. The highest BCUT2D eigenvalue weighted by Gasteiger charge is 2.17. The van der Waals surface area contributed by atoms with Gasteiger partial charge in [0.2, 0.25) is 0 Å². The summed E-state index contributed by atoms with van der Waals surface area (Å²) >= 11 is 9.58. The Balaban J connectivity index is 1.97. The fourth-order valence-corrected chi connectivity index (χ4v) is 3.62. The molecule has 0 nitrogen and oxygen atoms in total.